The number of hydrogen-bond acceptors (Lipinski definition) is 12. The third kappa shape index (κ3) is 12.8. The van der Waals surface area contributed by atoms with Crippen LogP contribution in [0.25, 0.3) is 21.8 Å². The number of methoxy groups -OCH3 is 1. The zero-order valence-corrected chi connectivity index (χ0v) is 42.1. The number of carbonyl (C=O) groups is 1. The summed E-state index contributed by atoms with van der Waals surface area (Å²) in [6.07, 6.45) is -1.09. The van der Waals surface area contributed by atoms with Gasteiger partial charge in [-0.1, -0.05) is 98.7 Å². The zero-order chi connectivity index (χ0) is 49.3. The van der Waals surface area contributed by atoms with E-state index in [0.717, 1.165) is 5.56 Å². The van der Waals surface area contributed by atoms with E-state index in [1.54, 1.807) is 73.8 Å². The number of azide groups is 1. The Morgan fingerprint density at radius 2 is 1.59 bits per heavy atom. The maximum atomic E-state index is 16.0. The van der Waals surface area contributed by atoms with Crippen molar-refractivity contribution in [2.24, 2.45) is 11.0 Å². The maximum absolute atomic E-state index is 16.0. The molecule has 0 radical (unpaired) electrons. The first-order valence-electron chi connectivity index (χ1n) is 22.3. The van der Waals surface area contributed by atoms with Gasteiger partial charge in [0.15, 0.2) is 8.32 Å². The van der Waals surface area contributed by atoms with Crippen molar-refractivity contribution in [2.45, 2.75) is 100 Å². The molecule has 1 saturated heterocycles. The van der Waals surface area contributed by atoms with Gasteiger partial charge in [-0.25, -0.2) is 26.4 Å². The van der Waals surface area contributed by atoms with Gasteiger partial charge < -0.3 is 24.5 Å². The average Bonchev–Trinajstić information content (AvgIpc) is 3.77. The van der Waals surface area contributed by atoms with Gasteiger partial charge in [-0.05, 0) is 95.5 Å². The summed E-state index contributed by atoms with van der Waals surface area (Å²) in [5.41, 5.74) is 11.5. The Bertz CT molecular complexity index is 2730. The molecular formula is C46H61N11O8S2Si. The minimum Gasteiger partial charge on any atom is -0.497 e. The largest absolute Gasteiger partial charge is 0.497 e. The van der Waals surface area contributed by atoms with Crippen molar-refractivity contribution >= 4 is 40.1 Å². The molecule has 1 aliphatic rings. The molecule has 0 aliphatic carbocycles. The minimum absolute atomic E-state index is 0.0560. The Hall–Kier alpha value is -5.87. The Kier molecular flexibility index (Phi) is 16.7. The molecule has 3 atom stereocenters. The molecule has 1 aromatic heterocycles. The van der Waals surface area contributed by atoms with E-state index >= 15 is 16.8 Å². The van der Waals surface area contributed by atoms with Crippen molar-refractivity contribution in [2.75, 3.05) is 38.2 Å². The summed E-state index contributed by atoms with van der Waals surface area (Å²) in [6.45, 7) is 11.9. The molecular weight excluding hydrogens is 927 g/mol. The van der Waals surface area contributed by atoms with Gasteiger partial charge in [0.2, 0.25) is 25.9 Å². The molecule has 4 aromatic carbocycles. The number of benzene rings is 4. The Morgan fingerprint density at radius 1 is 0.956 bits per heavy atom. The summed E-state index contributed by atoms with van der Waals surface area (Å²) in [5.74, 6) is 0.577. The topological polar surface area (TPSA) is 247 Å². The first-order valence-corrected chi connectivity index (χ1v) is 28.1. The van der Waals surface area contributed by atoms with Crippen LogP contribution >= 0.6 is 0 Å². The summed E-state index contributed by atoms with van der Waals surface area (Å²) in [4.78, 5) is 16.9. The lowest BCUT2D eigenvalue weighted by Crippen LogP contribution is -2.50. The molecule has 1 amide bonds. The summed E-state index contributed by atoms with van der Waals surface area (Å²) in [5, 5.41) is 29.0. The molecule has 1 fully saturated rings. The number of piperidine rings is 1. The van der Waals surface area contributed by atoms with Crippen LogP contribution in [0.3, 0.4) is 0 Å². The van der Waals surface area contributed by atoms with Crippen LogP contribution in [0.4, 0.5) is 10.5 Å². The monoisotopic (exact) mass is 987 g/mol. The van der Waals surface area contributed by atoms with E-state index in [4.69, 9.17) is 19.8 Å². The Balaban J connectivity index is 1.58. The van der Waals surface area contributed by atoms with Crippen molar-refractivity contribution in [3.05, 3.63) is 124 Å². The van der Waals surface area contributed by atoms with Crippen LogP contribution in [0.1, 0.15) is 57.2 Å². The summed E-state index contributed by atoms with van der Waals surface area (Å²) in [6, 6.07) is 27.9. The fraction of sp³-hybridized carbons (Fsp3) is 0.435. The minimum atomic E-state index is -4.87. The van der Waals surface area contributed by atoms with Gasteiger partial charge in [0.05, 0.1) is 25.3 Å². The second-order valence-electron chi connectivity index (χ2n) is 18.4. The molecule has 364 valence electrons. The second-order valence-corrected chi connectivity index (χ2v) is 26.8. The lowest BCUT2D eigenvalue weighted by atomic mass is 9.90. The van der Waals surface area contributed by atoms with Gasteiger partial charge in [0.1, 0.15) is 15.5 Å². The molecule has 6 rings (SSSR count). The van der Waals surface area contributed by atoms with Gasteiger partial charge in [-0.15, -0.1) is 10.2 Å². The second kappa shape index (κ2) is 22.0. The summed E-state index contributed by atoms with van der Waals surface area (Å²) in [7, 11) is -10.7. The first-order chi connectivity index (χ1) is 32.2. The molecule has 22 heteroatoms. The average molecular weight is 988 g/mol. The smallest absolute Gasteiger partial charge is 0.404 e. The molecule has 68 heavy (non-hydrogen) atoms. The third-order valence-electron chi connectivity index (χ3n) is 12.5. The predicted molar refractivity (Wildman–Crippen MR) is 261 cm³/mol. The number of anilines is 1. The number of nitrogens with zero attached hydrogens (tertiary/aromatic N) is 9. The fourth-order valence-corrected chi connectivity index (χ4v) is 12.7. The van der Waals surface area contributed by atoms with E-state index in [9.17, 15) is 9.90 Å². The van der Waals surface area contributed by atoms with Crippen molar-refractivity contribution < 1.29 is 35.9 Å². The standard InChI is InChI=1S/C46H61N11O8S2Si/c1-33-26-37(27-49-53-47)24-25-56(33)40-22-23-41(66(60,61)50-29-39(28-48-45(58)59)65-68(6,7)46(2,3)4)43(42(40)44-51-54-57(52-44)32-36-18-20-38(64-5)21-19-36)67(62,63)55(30-34-14-10-8-11-15-34)31-35-16-12-9-13-17-35/h8-23,33,37,39,48,50H,24-32H2,1-7H3,(H,58,59). The van der Waals surface area contributed by atoms with E-state index in [1.807, 2.05) is 70.0 Å². The number of nitrogens with one attached hydrogen (secondary N) is 2. The Morgan fingerprint density at radius 3 is 2.15 bits per heavy atom. The highest BCUT2D eigenvalue weighted by Crippen LogP contribution is 2.43. The van der Waals surface area contributed by atoms with E-state index in [1.165, 1.54) is 15.2 Å². The van der Waals surface area contributed by atoms with Crippen molar-refractivity contribution in [3.8, 4) is 17.1 Å². The molecule has 3 unspecified atom stereocenters. The summed E-state index contributed by atoms with van der Waals surface area (Å²) < 4.78 is 78.1. The molecule has 0 saturated carbocycles. The fourth-order valence-electron chi connectivity index (χ4n) is 7.89. The van der Waals surface area contributed by atoms with Gasteiger partial charge in [0.25, 0.3) is 0 Å². The molecule has 19 nitrogen and oxygen atoms in total. The van der Waals surface area contributed by atoms with Crippen LogP contribution in [0.5, 0.6) is 5.75 Å². The molecule has 2 heterocycles. The van der Waals surface area contributed by atoms with Gasteiger partial charge in [0, 0.05) is 55.9 Å². The van der Waals surface area contributed by atoms with Gasteiger partial charge in [-0.2, -0.15) is 9.10 Å². The zero-order valence-electron chi connectivity index (χ0n) is 39.5. The summed E-state index contributed by atoms with van der Waals surface area (Å²) >= 11 is 0. The SMILES string of the molecule is COc1ccc(Cn2nnc(-c3c(N4CCC(CN=[N+]=[N-])CC4C)ccc(S(=O)(=O)NCC(CNC(=O)O)O[Si](C)(C)C(C)(C)C)c3S(=O)(=O)N(Cc3ccccc3)Cc3ccccc3)n2)cc1. The normalized spacial score (nSPS) is 16.3. The van der Waals surface area contributed by atoms with E-state index < -0.39 is 56.9 Å². The van der Waals surface area contributed by atoms with E-state index in [2.05, 4.69) is 30.4 Å². The molecule has 1 aliphatic heterocycles. The van der Waals surface area contributed by atoms with E-state index in [0.29, 0.717) is 48.5 Å². The van der Waals surface area contributed by atoms with Gasteiger partial charge >= 0.3 is 6.09 Å². The number of carboxylic acid groups (broad SMARTS) is 1. The lowest BCUT2D eigenvalue weighted by molar-refractivity contribution is 0.163. The third-order valence-corrected chi connectivity index (χ3v) is 20.5. The number of hydrogen-bond donors (Lipinski definition) is 3. The van der Waals surface area contributed by atoms with Crippen molar-refractivity contribution in [1.82, 2.24) is 34.6 Å². The number of aromatic nitrogens is 4. The van der Waals surface area contributed by atoms with Gasteiger partial charge in [-0.3, -0.25) is 0 Å². The molecule has 0 spiro atoms. The number of rotatable bonds is 21. The molecule has 5 aromatic rings. The molecule has 3 N–H and O–H groups in total. The highest BCUT2D eigenvalue weighted by molar-refractivity contribution is 7.92. The number of tetrazole rings is 1. The van der Waals surface area contributed by atoms with Crippen molar-refractivity contribution in [1.29, 1.82) is 0 Å². The van der Waals surface area contributed by atoms with Crippen LogP contribution < -0.4 is 19.7 Å². The lowest BCUT2D eigenvalue weighted by Gasteiger charge is -2.40. The molecule has 0 bridgehead atoms. The predicted octanol–water partition coefficient (Wildman–Crippen LogP) is 7.64. The van der Waals surface area contributed by atoms with Crippen LogP contribution in [-0.2, 0) is 44.1 Å². The number of ether oxygens (including phenoxy) is 1. The van der Waals surface area contributed by atoms with Crippen LogP contribution in [0.15, 0.2) is 112 Å². The van der Waals surface area contributed by atoms with Crippen LogP contribution in [0.2, 0.25) is 18.1 Å². The quantitative estimate of drug-likeness (QED) is 0.0278. The first kappa shape index (κ1) is 51.5. The number of amides is 1. The maximum Gasteiger partial charge on any atom is 0.404 e. The highest BCUT2D eigenvalue weighted by Gasteiger charge is 2.42. The van der Waals surface area contributed by atoms with Crippen LogP contribution in [-0.4, -0.2) is 106 Å². The highest BCUT2D eigenvalue weighted by atomic mass is 32.2. The Labute approximate surface area is 399 Å². The van der Waals surface area contributed by atoms with Crippen molar-refractivity contribution in [3.63, 3.8) is 0 Å². The van der Waals surface area contributed by atoms with E-state index in [-0.39, 0.29) is 54.6 Å². The van der Waals surface area contributed by atoms with Crippen LogP contribution in [0, 0.1) is 5.92 Å². The number of sulfonamides is 2.